The van der Waals surface area contributed by atoms with E-state index in [-0.39, 0.29) is 0 Å². The topological polar surface area (TPSA) is 28.9 Å². The van der Waals surface area contributed by atoms with Gasteiger partial charge in [-0.25, -0.2) is 0 Å². The van der Waals surface area contributed by atoms with E-state index in [2.05, 4.69) is 151 Å². The summed E-state index contributed by atoms with van der Waals surface area (Å²) in [5.41, 5.74) is 11.2. The highest BCUT2D eigenvalue weighted by Gasteiger charge is 2.17. The van der Waals surface area contributed by atoms with Gasteiger partial charge in [-0.1, -0.05) is 140 Å². The summed E-state index contributed by atoms with van der Waals surface area (Å²) >= 11 is 0. The van der Waals surface area contributed by atoms with Gasteiger partial charge in [0.15, 0.2) is 0 Å². The van der Waals surface area contributed by atoms with E-state index in [0.717, 1.165) is 33.1 Å². The van der Waals surface area contributed by atoms with Gasteiger partial charge in [0.2, 0.25) is 0 Å². The van der Waals surface area contributed by atoms with E-state index >= 15 is 0 Å². The number of hydrogen-bond donors (Lipinski definition) is 1. The molecule has 2 heterocycles. The highest BCUT2D eigenvalue weighted by molar-refractivity contribution is 6.32. The number of H-pyrrole nitrogens is 1. The third kappa shape index (κ3) is 3.65. The van der Waals surface area contributed by atoms with Crippen LogP contribution in [-0.4, -0.2) is 4.98 Å². The lowest BCUT2D eigenvalue weighted by atomic mass is 9.94. The maximum atomic E-state index is 6.38. The average molecular weight is 586 g/mol. The number of para-hydroxylation sites is 3. The first-order chi connectivity index (χ1) is 22.8. The van der Waals surface area contributed by atoms with E-state index in [4.69, 9.17) is 4.42 Å². The molecule has 1 N–H and O–H groups in total. The Hall–Kier alpha value is -6.12. The van der Waals surface area contributed by atoms with E-state index in [1.54, 1.807) is 0 Å². The minimum Gasteiger partial charge on any atom is -0.455 e. The lowest BCUT2D eigenvalue weighted by Crippen LogP contribution is -1.85. The molecule has 8 aromatic carbocycles. The molecule has 0 aliphatic heterocycles. The van der Waals surface area contributed by atoms with Gasteiger partial charge < -0.3 is 9.40 Å². The largest absolute Gasteiger partial charge is 0.455 e. The fourth-order valence-electron chi connectivity index (χ4n) is 7.52. The maximum absolute atomic E-state index is 6.38. The smallest absolute Gasteiger partial charge is 0.143 e. The zero-order chi connectivity index (χ0) is 30.2. The zero-order valence-corrected chi connectivity index (χ0v) is 24.9. The molecule has 10 rings (SSSR count). The molecule has 214 valence electrons. The van der Waals surface area contributed by atoms with E-state index in [1.165, 1.54) is 65.6 Å². The van der Waals surface area contributed by atoms with Crippen LogP contribution in [0.2, 0.25) is 0 Å². The van der Waals surface area contributed by atoms with Crippen LogP contribution < -0.4 is 0 Å². The second-order valence-corrected chi connectivity index (χ2v) is 12.1. The Bertz CT molecular complexity index is 2810. The SMILES string of the molecule is c1cc(-c2cccc(-c3cccc4c3oc3ccccc34)c2)cc(-c2cccc3c2[nH]c2c4ccccc4c4ccccc4c32)c1. The van der Waals surface area contributed by atoms with Crippen molar-refractivity contribution in [2.75, 3.05) is 0 Å². The van der Waals surface area contributed by atoms with Crippen LogP contribution in [0.25, 0.3) is 98.7 Å². The summed E-state index contributed by atoms with van der Waals surface area (Å²) in [5.74, 6) is 0. The van der Waals surface area contributed by atoms with Crippen molar-refractivity contribution in [3.8, 4) is 33.4 Å². The Labute approximate surface area is 265 Å². The number of hydrogen-bond acceptors (Lipinski definition) is 1. The third-order valence-electron chi connectivity index (χ3n) is 9.60. The third-order valence-corrected chi connectivity index (χ3v) is 9.60. The molecule has 0 atom stereocenters. The Balaban J connectivity index is 1.14. The molecule has 46 heavy (non-hydrogen) atoms. The van der Waals surface area contributed by atoms with Gasteiger partial charge in [0, 0.05) is 38.1 Å². The quantitative estimate of drug-likeness (QED) is 0.205. The van der Waals surface area contributed by atoms with Crippen LogP contribution in [-0.2, 0) is 0 Å². The van der Waals surface area contributed by atoms with Crippen LogP contribution >= 0.6 is 0 Å². The lowest BCUT2D eigenvalue weighted by molar-refractivity contribution is 0.670. The molecule has 2 nitrogen and oxygen atoms in total. The highest BCUT2D eigenvalue weighted by Crippen LogP contribution is 2.42. The molecule has 0 aliphatic carbocycles. The van der Waals surface area contributed by atoms with E-state index < -0.39 is 0 Å². The van der Waals surface area contributed by atoms with Crippen molar-refractivity contribution in [2.45, 2.75) is 0 Å². The van der Waals surface area contributed by atoms with Crippen LogP contribution in [0.4, 0.5) is 0 Å². The number of aromatic nitrogens is 1. The normalized spacial score (nSPS) is 11.9. The fourth-order valence-corrected chi connectivity index (χ4v) is 7.52. The molecular formula is C44H27NO. The van der Waals surface area contributed by atoms with Gasteiger partial charge in [-0.2, -0.15) is 0 Å². The Kier molecular flexibility index (Phi) is 5.31. The van der Waals surface area contributed by atoms with Crippen LogP contribution in [0, 0.1) is 0 Å². The summed E-state index contributed by atoms with van der Waals surface area (Å²) in [4.78, 5) is 3.89. The molecule has 0 saturated heterocycles. The van der Waals surface area contributed by atoms with Gasteiger partial charge in [-0.05, 0) is 56.6 Å². The van der Waals surface area contributed by atoms with Crippen molar-refractivity contribution in [1.82, 2.24) is 4.98 Å². The van der Waals surface area contributed by atoms with Crippen LogP contribution in [0.5, 0.6) is 0 Å². The van der Waals surface area contributed by atoms with E-state index in [0.29, 0.717) is 0 Å². The fraction of sp³-hybridized carbons (Fsp3) is 0. The highest BCUT2D eigenvalue weighted by atomic mass is 16.3. The standard InChI is InChI=1S/C44H27NO/c1-3-18-36-33(15-1)34-16-2-4-19-37(34)43-41(36)39-23-9-20-31(42(39)45-43)29-13-7-11-27(25-29)28-12-8-14-30(26-28)32-21-10-22-38-35-17-5-6-24-40(35)46-44(32)38/h1-26,45H. The second kappa shape index (κ2) is 9.69. The van der Waals surface area contributed by atoms with Crippen LogP contribution in [0.3, 0.4) is 0 Å². The predicted octanol–water partition coefficient (Wildman–Crippen LogP) is 12.5. The first-order valence-corrected chi connectivity index (χ1v) is 15.8. The molecule has 10 aromatic rings. The molecule has 2 aromatic heterocycles. The first kappa shape index (κ1) is 25.2. The van der Waals surface area contributed by atoms with Crippen molar-refractivity contribution >= 4 is 65.3 Å². The van der Waals surface area contributed by atoms with Crippen LogP contribution in [0.1, 0.15) is 0 Å². The number of nitrogens with one attached hydrogen (secondary N) is 1. The number of rotatable bonds is 3. The summed E-state index contributed by atoms with van der Waals surface area (Å²) in [5, 5.41) is 9.93. The Morgan fingerprint density at radius 1 is 0.348 bits per heavy atom. The summed E-state index contributed by atoms with van der Waals surface area (Å²) < 4.78 is 6.38. The summed E-state index contributed by atoms with van der Waals surface area (Å²) in [6.07, 6.45) is 0. The van der Waals surface area contributed by atoms with Gasteiger partial charge in [-0.15, -0.1) is 0 Å². The maximum Gasteiger partial charge on any atom is 0.143 e. The number of benzene rings is 8. The molecule has 0 amide bonds. The second-order valence-electron chi connectivity index (χ2n) is 12.1. The summed E-state index contributed by atoms with van der Waals surface area (Å²) in [6, 6.07) is 56.6. The summed E-state index contributed by atoms with van der Waals surface area (Å²) in [7, 11) is 0. The zero-order valence-electron chi connectivity index (χ0n) is 24.9. The minimum atomic E-state index is 0.918. The summed E-state index contributed by atoms with van der Waals surface area (Å²) in [6.45, 7) is 0. The number of furan rings is 1. The molecule has 0 unspecified atom stereocenters. The molecule has 0 radical (unpaired) electrons. The molecule has 0 fully saturated rings. The van der Waals surface area contributed by atoms with Crippen LogP contribution in [0.15, 0.2) is 162 Å². The minimum absolute atomic E-state index is 0.918. The monoisotopic (exact) mass is 585 g/mol. The first-order valence-electron chi connectivity index (χ1n) is 15.8. The van der Waals surface area contributed by atoms with Gasteiger partial charge >= 0.3 is 0 Å². The predicted molar refractivity (Wildman–Crippen MR) is 194 cm³/mol. The average Bonchev–Trinajstić information content (AvgIpc) is 3.71. The number of aromatic amines is 1. The van der Waals surface area contributed by atoms with Gasteiger partial charge in [0.05, 0.1) is 11.0 Å². The van der Waals surface area contributed by atoms with Crippen molar-refractivity contribution < 1.29 is 4.42 Å². The number of fused-ring (bicyclic) bond motifs is 11. The van der Waals surface area contributed by atoms with Gasteiger partial charge in [0.1, 0.15) is 11.2 Å². The Morgan fingerprint density at radius 2 is 0.870 bits per heavy atom. The molecular weight excluding hydrogens is 558 g/mol. The van der Waals surface area contributed by atoms with E-state index in [9.17, 15) is 0 Å². The van der Waals surface area contributed by atoms with Gasteiger partial charge in [0.25, 0.3) is 0 Å². The van der Waals surface area contributed by atoms with Crippen molar-refractivity contribution in [2.24, 2.45) is 0 Å². The van der Waals surface area contributed by atoms with Gasteiger partial charge in [-0.3, -0.25) is 0 Å². The molecule has 0 bridgehead atoms. The van der Waals surface area contributed by atoms with Crippen molar-refractivity contribution in [3.05, 3.63) is 158 Å². The molecule has 0 aliphatic rings. The molecule has 0 spiro atoms. The molecule has 0 saturated carbocycles. The van der Waals surface area contributed by atoms with E-state index in [1.807, 2.05) is 12.1 Å². The van der Waals surface area contributed by atoms with Crippen molar-refractivity contribution in [1.29, 1.82) is 0 Å². The Morgan fingerprint density at radius 3 is 1.63 bits per heavy atom. The molecule has 2 heteroatoms. The lowest BCUT2D eigenvalue weighted by Gasteiger charge is -2.10. The van der Waals surface area contributed by atoms with Crippen molar-refractivity contribution in [3.63, 3.8) is 0 Å².